The van der Waals surface area contributed by atoms with Gasteiger partial charge in [-0.2, -0.15) is 10.5 Å². The molecular formula is C17H17BN4O4. The molecule has 0 saturated heterocycles. The molecule has 132 valence electrons. The van der Waals surface area contributed by atoms with E-state index in [2.05, 4.69) is 4.98 Å². The van der Waals surface area contributed by atoms with Gasteiger partial charge in [0.05, 0.1) is 6.61 Å². The van der Waals surface area contributed by atoms with Gasteiger partial charge in [-0.15, -0.1) is 0 Å². The van der Waals surface area contributed by atoms with Crippen LogP contribution in [0.15, 0.2) is 23.0 Å². The summed E-state index contributed by atoms with van der Waals surface area (Å²) in [5.41, 5.74) is 4.94. The number of anilines is 1. The Morgan fingerprint density at radius 2 is 1.96 bits per heavy atom. The molecule has 1 aromatic carbocycles. The molecule has 1 heterocycles. The molecule has 2 aromatic rings. The number of benzene rings is 1. The fourth-order valence-corrected chi connectivity index (χ4v) is 2.47. The first-order valence-corrected chi connectivity index (χ1v) is 7.93. The van der Waals surface area contributed by atoms with Crippen molar-refractivity contribution in [3.05, 3.63) is 39.7 Å². The lowest BCUT2D eigenvalue weighted by Gasteiger charge is -2.15. The molecule has 0 amide bonds. The van der Waals surface area contributed by atoms with Gasteiger partial charge in [0.1, 0.15) is 34.8 Å². The second-order valence-electron chi connectivity index (χ2n) is 5.55. The summed E-state index contributed by atoms with van der Waals surface area (Å²) < 4.78 is 5.71. The summed E-state index contributed by atoms with van der Waals surface area (Å²) in [6.45, 7) is 2.38. The molecule has 0 aliphatic carbocycles. The molecule has 5 N–H and O–H groups in total. The van der Waals surface area contributed by atoms with Crippen molar-refractivity contribution in [3.63, 3.8) is 0 Å². The van der Waals surface area contributed by atoms with Crippen molar-refractivity contribution in [2.75, 3.05) is 12.3 Å². The molecule has 1 aromatic heterocycles. The molecule has 0 atom stereocenters. The highest BCUT2D eigenvalue weighted by Gasteiger charge is 2.23. The van der Waals surface area contributed by atoms with Crippen LogP contribution in [0.1, 0.15) is 30.9 Å². The third kappa shape index (κ3) is 3.70. The summed E-state index contributed by atoms with van der Waals surface area (Å²) in [6.07, 6.45) is 1.67. The fourth-order valence-electron chi connectivity index (χ4n) is 2.47. The highest BCUT2D eigenvalue weighted by atomic mass is 16.5. The number of unbranched alkanes of at least 4 members (excludes halogenated alkanes) is 1. The number of nitrogens with one attached hydrogen (secondary N) is 1. The van der Waals surface area contributed by atoms with E-state index in [4.69, 9.17) is 10.5 Å². The van der Waals surface area contributed by atoms with Gasteiger partial charge in [-0.05, 0) is 17.9 Å². The van der Waals surface area contributed by atoms with Gasteiger partial charge < -0.3 is 25.5 Å². The van der Waals surface area contributed by atoms with Crippen LogP contribution in [0.3, 0.4) is 0 Å². The Hall–Kier alpha value is -3.27. The van der Waals surface area contributed by atoms with Gasteiger partial charge in [0.25, 0.3) is 5.56 Å². The third-order valence-electron chi connectivity index (χ3n) is 3.79. The number of aromatic nitrogens is 1. The summed E-state index contributed by atoms with van der Waals surface area (Å²) in [5.74, 6) is 0.127. The highest BCUT2D eigenvalue weighted by Crippen LogP contribution is 2.34. The minimum atomic E-state index is -1.77. The summed E-state index contributed by atoms with van der Waals surface area (Å²) in [7, 11) is -1.77. The van der Waals surface area contributed by atoms with E-state index in [0.717, 1.165) is 12.8 Å². The van der Waals surface area contributed by atoms with E-state index in [1.54, 1.807) is 6.07 Å². The summed E-state index contributed by atoms with van der Waals surface area (Å²) in [4.78, 5) is 14.4. The predicted molar refractivity (Wildman–Crippen MR) is 96.6 cm³/mol. The number of rotatable bonds is 6. The minimum Gasteiger partial charge on any atom is -0.493 e. The number of nitriles is 2. The maximum atomic E-state index is 12.1. The maximum absolute atomic E-state index is 12.1. The van der Waals surface area contributed by atoms with Gasteiger partial charge in [0, 0.05) is 11.1 Å². The Balaban J connectivity index is 2.81. The first-order valence-electron chi connectivity index (χ1n) is 7.93. The largest absolute Gasteiger partial charge is 0.493 e. The van der Waals surface area contributed by atoms with Gasteiger partial charge >= 0.3 is 7.12 Å². The van der Waals surface area contributed by atoms with Crippen LogP contribution in [0.2, 0.25) is 0 Å². The SMILES string of the molecule is CCCCOc1ccc(B(O)O)cc1-c1c(C#N)c(N)[nH]c(=O)c1C#N. The molecule has 9 heteroatoms. The molecule has 0 spiro atoms. The predicted octanol–water partition coefficient (Wildman–Crippen LogP) is 0.226. The number of hydrogen-bond acceptors (Lipinski definition) is 7. The summed E-state index contributed by atoms with van der Waals surface area (Å²) in [6, 6.07) is 7.97. The Labute approximate surface area is 150 Å². The van der Waals surface area contributed by atoms with Crippen molar-refractivity contribution in [1.29, 1.82) is 10.5 Å². The average Bonchev–Trinajstić information content (AvgIpc) is 2.61. The van der Waals surface area contributed by atoms with E-state index in [0.29, 0.717) is 12.4 Å². The Kier molecular flexibility index (Phi) is 6.02. The number of hydrogen-bond donors (Lipinski definition) is 4. The summed E-state index contributed by atoms with van der Waals surface area (Å²) >= 11 is 0. The van der Waals surface area contributed by atoms with Crippen LogP contribution in [0.4, 0.5) is 5.82 Å². The fraction of sp³-hybridized carbons (Fsp3) is 0.235. The molecule has 26 heavy (non-hydrogen) atoms. The molecule has 0 unspecified atom stereocenters. The standard InChI is InChI=1S/C17H17BN4O4/c1-2-3-6-26-14-5-4-10(18(24)25)7-11(14)15-12(8-19)16(21)22-17(23)13(15)9-20/h4-5,7,24-25H,2-3,6H2,1H3,(H3,21,22,23). The normalized spacial score (nSPS) is 10.0. The first kappa shape index (κ1) is 19.1. The van der Waals surface area contributed by atoms with Crippen molar-refractivity contribution in [3.8, 4) is 29.0 Å². The smallest absolute Gasteiger partial charge is 0.488 e. The molecule has 0 aliphatic rings. The lowest BCUT2D eigenvalue weighted by molar-refractivity contribution is 0.310. The number of nitrogens with two attached hydrogens (primary N) is 1. The van der Waals surface area contributed by atoms with Gasteiger partial charge in [0.2, 0.25) is 0 Å². The maximum Gasteiger partial charge on any atom is 0.488 e. The number of H-pyrrole nitrogens is 1. The van der Waals surface area contributed by atoms with Crippen LogP contribution < -0.4 is 21.5 Å². The van der Waals surface area contributed by atoms with Gasteiger partial charge in [-0.3, -0.25) is 4.79 Å². The molecule has 0 bridgehead atoms. The number of nitrogen functional groups attached to an aromatic ring is 1. The highest BCUT2D eigenvalue weighted by molar-refractivity contribution is 6.58. The Morgan fingerprint density at radius 1 is 1.27 bits per heavy atom. The van der Waals surface area contributed by atoms with Crippen molar-refractivity contribution in [2.24, 2.45) is 0 Å². The number of ether oxygens (including phenoxy) is 1. The first-order chi connectivity index (χ1) is 12.4. The van der Waals surface area contributed by atoms with Crippen LogP contribution >= 0.6 is 0 Å². The number of pyridine rings is 1. The molecule has 0 fully saturated rings. The van der Waals surface area contributed by atoms with Crippen molar-refractivity contribution < 1.29 is 14.8 Å². The molecular weight excluding hydrogens is 335 g/mol. The van der Waals surface area contributed by atoms with E-state index in [1.165, 1.54) is 18.2 Å². The lowest BCUT2D eigenvalue weighted by Crippen LogP contribution is -2.30. The van der Waals surface area contributed by atoms with Crippen molar-refractivity contribution in [2.45, 2.75) is 19.8 Å². The summed E-state index contributed by atoms with van der Waals surface area (Å²) in [5, 5.41) is 37.8. The second-order valence-corrected chi connectivity index (χ2v) is 5.55. The van der Waals surface area contributed by atoms with Gasteiger partial charge in [-0.25, -0.2) is 0 Å². The quantitative estimate of drug-likeness (QED) is 0.428. The second kappa shape index (κ2) is 8.21. The number of aromatic amines is 1. The van der Waals surface area contributed by atoms with Gasteiger partial charge in [-0.1, -0.05) is 25.5 Å². The van der Waals surface area contributed by atoms with Crippen LogP contribution in [-0.4, -0.2) is 28.8 Å². The van der Waals surface area contributed by atoms with E-state index in [9.17, 15) is 25.4 Å². The Morgan fingerprint density at radius 3 is 2.54 bits per heavy atom. The average molecular weight is 352 g/mol. The van der Waals surface area contributed by atoms with E-state index in [-0.39, 0.29) is 33.5 Å². The monoisotopic (exact) mass is 352 g/mol. The zero-order chi connectivity index (χ0) is 19.3. The lowest BCUT2D eigenvalue weighted by atomic mass is 9.78. The van der Waals surface area contributed by atoms with Crippen LogP contribution in [0, 0.1) is 22.7 Å². The van der Waals surface area contributed by atoms with Crippen LogP contribution in [0.25, 0.3) is 11.1 Å². The van der Waals surface area contributed by atoms with Gasteiger partial charge in [0.15, 0.2) is 0 Å². The zero-order valence-electron chi connectivity index (χ0n) is 14.1. The molecule has 0 saturated carbocycles. The van der Waals surface area contributed by atoms with E-state index >= 15 is 0 Å². The zero-order valence-corrected chi connectivity index (χ0v) is 14.1. The number of nitrogens with zero attached hydrogens (tertiary/aromatic N) is 2. The third-order valence-corrected chi connectivity index (χ3v) is 3.79. The molecule has 0 radical (unpaired) electrons. The Bertz CT molecular complexity index is 957. The van der Waals surface area contributed by atoms with E-state index in [1.807, 2.05) is 13.0 Å². The molecule has 0 aliphatic heterocycles. The van der Waals surface area contributed by atoms with E-state index < -0.39 is 12.7 Å². The van der Waals surface area contributed by atoms with Crippen LogP contribution in [0.5, 0.6) is 5.75 Å². The molecule has 2 rings (SSSR count). The van der Waals surface area contributed by atoms with Crippen LogP contribution in [-0.2, 0) is 0 Å². The minimum absolute atomic E-state index is 0.00486. The molecule has 8 nitrogen and oxygen atoms in total. The van der Waals surface area contributed by atoms with Crippen molar-refractivity contribution >= 4 is 18.4 Å². The topological polar surface area (TPSA) is 156 Å². The van der Waals surface area contributed by atoms with Crippen molar-refractivity contribution in [1.82, 2.24) is 4.98 Å².